The molecule has 150 valence electrons. The molecule has 2 aliphatic rings. The molecule has 2 unspecified atom stereocenters. The van der Waals surface area contributed by atoms with Crippen LogP contribution in [0.2, 0.25) is 0 Å². The molecule has 1 N–H and O–H groups in total. The Morgan fingerprint density at radius 3 is 2.50 bits per heavy atom. The number of rotatable bonds is 4. The molecule has 1 aliphatic heterocycles. The van der Waals surface area contributed by atoms with E-state index in [0.29, 0.717) is 11.8 Å². The van der Waals surface area contributed by atoms with E-state index in [4.69, 9.17) is 4.74 Å². The summed E-state index contributed by atoms with van der Waals surface area (Å²) < 4.78 is 5.58. The number of likely N-dealkylation sites (tertiary alicyclic amines) is 1. The van der Waals surface area contributed by atoms with Gasteiger partial charge >= 0.3 is 0 Å². The van der Waals surface area contributed by atoms with Crippen LogP contribution in [0.4, 0.5) is 0 Å². The fourth-order valence-electron chi connectivity index (χ4n) is 5.34. The number of hydrogen-bond donors (Lipinski definition) is 1. The van der Waals surface area contributed by atoms with Gasteiger partial charge in [0, 0.05) is 12.1 Å². The Balaban J connectivity index is 1.39. The van der Waals surface area contributed by atoms with Gasteiger partial charge in [-0.3, -0.25) is 0 Å². The van der Waals surface area contributed by atoms with Crippen LogP contribution in [-0.4, -0.2) is 36.8 Å². The zero-order valence-electron chi connectivity index (χ0n) is 17.2. The molecular formula is C25H33NO2. The molecule has 1 heterocycles. The van der Waals surface area contributed by atoms with Crippen molar-refractivity contribution in [3.8, 4) is 5.75 Å². The van der Waals surface area contributed by atoms with Crippen molar-refractivity contribution in [2.24, 2.45) is 5.92 Å². The van der Waals surface area contributed by atoms with Gasteiger partial charge in [-0.05, 0) is 81.1 Å². The van der Waals surface area contributed by atoms with Gasteiger partial charge in [-0.25, -0.2) is 0 Å². The first-order valence-corrected chi connectivity index (χ1v) is 10.7. The monoisotopic (exact) mass is 379 g/mol. The van der Waals surface area contributed by atoms with E-state index in [9.17, 15) is 5.11 Å². The number of fused-ring (bicyclic) bond motifs is 1. The highest BCUT2D eigenvalue weighted by atomic mass is 16.5. The van der Waals surface area contributed by atoms with E-state index >= 15 is 0 Å². The zero-order valence-corrected chi connectivity index (χ0v) is 17.2. The Kier molecular flexibility index (Phi) is 5.75. The van der Waals surface area contributed by atoms with Crippen LogP contribution in [0, 0.1) is 5.92 Å². The van der Waals surface area contributed by atoms with E-state index < -0.39 is 5.60 Å². The molecular weight excluding hydrogens is 346 g/mol. The molecule has 0 aromatic heterocycles. The summed E-state index contributed by atoms with van der Waals surface area (Å²) in [6.07, 6.45) is 5.40. The summed E-state index contributed by atoms with van der Waals surface area (Å²) >= 11 is 0. The van der Waals surface area contributed by atoms with Crippen molar-refractivity contribution >= 4 is 0 Å². The third-order valence-electron chi connectivity index (χ3n) is 6.80. The molecule has 1 aliphatic carbocycles. The van der Waals surface area contributed by atoms with Gasteiger partial charge in [0.05, 0.1) is 12.7 Å². The molecule has 0 bridgehead atoms. The van der Waals surface area contributed by atoms with Crippen molar-refractivity contribution in [3.63, 3.8) is 0 Å². The number of aliphatic hydroxyl groups is 1. The van der Waals surface area contributed by atoms with Gasteiger partial charge in [-0.2, -0.15) is 0 Å². The lowest BCUT2D eigenvalue weighted by molar-refractivity contribution is 0.0238. The molecule has 3 heteroatoms. The van der Waals surface area contributed by atoms with Gasteiger partial charge in [-0.15, -0.1) is 0 Å². The van der Waals surface area contributed by atoms with Gasteiger partial charge in [0.15, 0.2) is 0 Å². The number of hydrogen-bond acceptors (Lipinski definition) is 3. The lowest BCUT2D eigenvalue weighted by Crippen LogP contribution is -2.38. The highest BCUT2D eigenvalue weighted by Gasteiger charge is 2.35. The molecule has 2 aromatic rings. The van der Waals surface area contributed by atoms with E-state index in [2.05, 4.69) is 41.3 Å². The summed E-state index contributed by atoms with van der Waals surface area (Å²) in [5.41, 5.74) is 2.95. The lowest BCUT2D eigenvalue weighted by atomic mass is 9.85. The van der Waals surface area contributed by atoms with Crippen LogP contribution in [0.5, 0.6) is 5.75 Å². The Hall–Kier alpha value is -1.84. The quantitative estimate of drug-likeness (QED) is 0.779. The minimum atomic E-state index is -0.784. The SMILES string of the molecule is COc1cccc2c1CCC(CN1CCC(c3ccccc3)CC1)CC2(C)O. The average molecular weight is 380 g/mol. The van der Waals surface area contributed by atoms with Crippen LogP contribution in [0.1, 0.15) is 55.2 Å². The summed E-state index contributed by atoms with van der Waals surface area (Å²) in [4.78, 5) is 2.62. The fourth-order valence-corrected chi connectivity index (χ4v) is 5.34. The molecule has 2 aromatic carbocycles. The van der Waals surface area contributed by atoms with Crippen molar-refractivity contribution < 1.29 is 9.84 Å². The predicted molar refractivity (Wildman–Crippen MR) is 114 cm³/mol. The van der Waals surface area contributed by atoms with Crippen LogP contribution in [0.15, 0.2) is 48.5 Å². The Labute approximate surface area is 169 Å². The fraction of sp³-hybridized carbons (Fsp3) is 0.520. The second-order valence-corrected chi connectivity index (χ2v) is 8.85. The highest BCUT2D eigenvalue weighted by Crippen LogP contribution is 2.40. The van der Waals surface area contributed by atoms with E-state index in [-0.39, 0.29) is 0 Å². The highest BCUT2D eigenvalue weighted by molar-refractivity contribution is 5.44. The molecule has 0 spiro atoms. The predicted octanol–water partition coefficient (Wildman–Crippen LogP) is 4.73. The van der Waals surface area contributed by atoms with Crippen molar-refractivity contribution in [1.29, 1.82) is 0 Å². The molecule has 0 radical (unpaired) electrons. The van der Waals surface area contributed by atoms with Crippen LogP contribution in [-0.2, 0) is 12.0 Å². The summed E-state index contributed by atoms with van der Waals surface area (Å²) in [5, 5.41) is 11.2. The smallest absolute Gasteiger partial charge is 0.122 e. The topological polar surface area (TPSA) is 32.7 Å². The molecule has 1 saturated heterocycles. The van der Waals surface area contributed by atoms with Gasteiger partial charge in [0.25, 0.3) is 0 Å². The third kappa shape index (κ3) is 4.11. The largest absolute Gasteiger partial charge is 0.496 e. The number of benzene rings is 2. The minimum Gasteiger partial charge on any atom is -0.496 e. The Bertz CT molecular complexity index is 778. The van der Waals surface area contributed by atoms with E-state index in [1.807, 2.05) is 19.1 Å². The van der Waals surface area contributed by atoms with E-state index in [1.165, 1.54) is 24.0 Å². The summed E-state index contributed by atoms with van der Waals surface area (Å²) in [5.74, 6) is 2.13. The number of nitrogens with zero attached hydrogens (tertiary/aromatic N) is 1. The zero-order chi connectivity index (χ0) is 19.6. The molecule has 28 heavy (non-hydrogen) atoms. The maximum atomic E-state index is 11.2. The number of piperidine rings is 1. The first kappa shape index (κ1) is 19.5. The summed E-state index contributed by atoms with van der Waals surface area (Å²) in [7, 11) is 1.73. The second kappa shape index (κ2) is 8.26. The maximum absolute atomic E-state index is 11.2. The van der Waals surface area contributed by atoms with Crippen molar-refractivity contribution in [2.75, 3.05) is 26.7 Å². The van der Waals surface area contributed by atoms with Gasteiger partial charge in [-0.1, -0.05) is 42.5 Å². The average Bonchev–Trinajstić information content (AvgIpc) is 2.85. The molecule has 1 fully saturated rings. The van der Waals surface area contributed by atoms with Crippen LogP contribution < -0.4 is 4.74 Å². The van der Waals surface area contributed by atoms with Gasteiger partial charge in [0.1, 0.15) is 5.75 Å². The van der Waals surface area contributed by atoms with Gasteiger partial charge in [0.2, 0.25) is 0 Å². The number of ether oxygens (including phenoxy) is 1. The van der Waals surface area contributed by atoms with E-state index in [0.717, 1.165) is 50.2 Å². The maximum Gasteiger partial charge on any atom is 0.122 e. The first-order valence-electron chi connectivity index (χ1n) is 10.7. The Morgan fingerprint density at radius 1 is 1.04 bits per heavy atom. The Morgan fingerprint density at radius 2 is 1.79 bits per heavy atom. The summed E-state index contributed by atoms with van der Waals surface area (Å²) in [6.45, 7) is 5.39. The van der Waals surface area contributed by atoms with Crippen molar-refractivity contribution in [2.45, 2.75) is 50.5 Å². The molecule has 0 amide bonds. The standard InChI is InChI=1S/C25H33NO2/c1-25(27)17-19(11-12-22-23(25)9-6-10-24(22)28-2)18-26-15-13-21(14-16-26)20-7-4-3-5-8-20/h3-10,19,21,27H,11-18H2,1-2H3. The molecule has 0 saturated carbocycles. The van der Waals surface area contributed by atoms with Crippen molar-refractivity contribution in [1.82, 2.24) is 4.90 Å². The normalized spacial score (nSPS) is 26.5. The van der Waals surface area contributed by atoms with Crippen molar-refractivity contribution in [3.05, 3.63) is 65.2 Å². The second-order valence-electron chi connectivity index (χ2n) is 8.85. The molecule has 3 nitrogen and oxygen atoms in total. The first-order chi connectivity index (χ1) is 13.6. The molecule has 4 rings (SSSR count). The van der Waals surface area contributed by atoms with Crippen LogP contribution >= 0.6 is 0 Å². The van der Waals surface area contributed by atoms with Crippen LogP contribution in [0.25, 0.3) is 0 Å². The van der Waals surface area contributed by atoms with Gasteiger partial charge < -0.3 is 14.7 Å². The summed E-state index contributed by atoms with van der Waals surface area (Å²) in [6, 6.07) is 17.0. The minimum absolute atomic E-state index is 0.514. The van der Waals surface area contributed by atoms with E-state index in [1.54, 1.807) is 7.11 Å². The van der Waals surface area contributed by atoms with Crippen LogP contribution in [0.3, 0.4) is 0 Å². The third-order valence-corrected chi connectivity index (χ3v) is 6.80. The molecule has 2 atom stereocenters. The number of methoxy groups -OCH3 is 1. The lowest BCUT2D eigenvalue weighted by Gasteiger charge is -2.35.